The minimum Gasteiger partial charge on any atom is -0.396 e. The lowest BCUT2D eigenvalue weighted by Crippen LogP contribution is -2.27. The highest BCUT2D eigenvalue weighted by molar-refractivity contribution is 5.91. The number of carbonyl (C=O) groups is 1. The van der Waals surface area contributed by atoms with E-state index in [0.717, 1.165) is 6.54 Å². The van der Waals surface area contributed by atoms with Crippen LogP contribution in [0.2, 0.25) is 0 Å². The highest BCUT2D eigenvalue weighted by Crippen LogP contribution is 2.16. The lowest BCUT2D eigenvalue weighted by atomic mass is 10.2. The number of amides is 1. The zero-order valence-corrected chi connectivity index (χ0v) is 11.3. The summed E-state index contributed by atoms with van der Waals surface area (Å²) in [5.74, 6) is -0.618. The normalized spacial score (nSPS) is 10.7. The molecule has 1 rings (SSSR count). The van der Waals surface area contributed by atoms with Crippen LogP contribution in [0.15, 0.2) is 18.2 Å². The number of anilines is 2. The molecule has 0 bridgehead atoms. The van der Waals surface area contributed by atoms with Gasteiger partial charge in [0.1, 0.15) is 5.82 Å². The van der Waals surface area contributed by atoms with E-state index in [9.17, 15) is 9.18 Å². The van der Waals surface area contributed by atoms with Gasteiger partial charge in [0.15, 0.2) is 0 Å². The van der Waals surface area contributed by atoms with Gasteiger partial charge in [-0.15, -0.1) is 0 Å². The summed E-state index contributed by atoms with van der Waals surface area (Å²) in [4.78, 5) is 13.7. The van der Waals surface area contributed by atoms with Crippen molar-refractivity contribution >= 4 is 17.3 Å². The quantitative estimate of drug-likeness (QED) is 0.732. The Morgan fingerprint density at radius 3 is 2.84 bits per heavy atom. The van der Waals surface area contributed by atoms with Crippen LogP contribution >= 0.6 is 0 Å². The van der Waals surface area contributed by atoms with Gasteiger partial charge < -0.3 is 20.7 Å². The van der Waals surface area contributed by atoms with Crippen molar-refractivity contribution in [1.29, 1.82) is 0 Å². The van der Waals surface area contributed by atoms with Crippen LogP contribution in [0.25, 0.3) is 0 Å². The Morgan fingerprint density at radius 1 is 1.47 bits per heavy atom. The van der Waals surface area contributed by atoms with Crippen molar-refractivity contribution in [2.75, 3.05) is 44.9 Å². The van der Waals surface area contributed by atoms with Crippen LogP contribution in [0.4, 0.5) is 15.8 Å². The molecule has 0 aliphatic heterocycles. The molecule has 19 heavy (non-hydrogen) atoms. The van der Waals surface area contributed by atoms with Gasteiger partial charge in [0.2, 0.25) is 5.91 Å². The summed E-state index contributed by atoms with van der Waals surface area (Å²) in [5, 5.41) is 2.68. The molecule has 0 atom stereocenters. The van der Waals surface area contributed by atoms with Gasteiger partial charge in [-0.25, -0.2) is 4.39 Å². The van der Waals surface area contributed by atoms with Crippen molar-refractivity contribution in [3.63, 3.8) is 0 Å². The van der Waals surface area contributed by atoms with E-state index in [4.69, 9.17) is 10.5 Å². The molecule has 1 aromatic rings. The summed E-state index contributed by atoms with van der Waals surface area (Å²) < 4.78 is 17.9. The number of rotatable bonds is 7. The Balaban J connectivity index is 2.36. The van der Waals surface area contributed by atoms with Crippen LogP contribution in [0.1, 0.15) is 6.42 Å². The second kappa shape index (κ2) is 7.70. The monoisotopic (exact) mass is 269 g/mol. The molecule has 0 radical (unpaired) electrons. The maximum absolute atomic E-state index is 13.0. The summed E-state index contributed by atoms with van der Waals surface area (Å²) in [5.41, 5.74) is 5.95. The Morgan fingerprint density at radius 2 is 2.21 bits per heavy atom. The number of hydrogen-bond acceptors (Lipinski definition) is 4. The molecule has 0 unspecified atom stereocenters. The van der Waals surface area contributed by atoms with Crippen molar-refractivity contribution in [2.24, 2.45) is 0 Å². The van der Waals surface area contributed by atoms with Gasteiger partial charge >= 0.3 is 0 Å². The zero-order chi connectivity index (χ0) is 14.3. The van der Waals surface area contributed by atoms with Crippen molar-refractivity contribution in [2.45, 2.75) is 6.42 Å². The van der Waals surface area contributed by atoms with Crippen LogP contribution < -0.4 is 11.1 Å². The Hall–Kier alpha value is -1.66. The fourth-order valence-corrected chi connectivity index (χ4v) is 1.50. The van der Waals surface area contributed by atoms with Gasteiger partial charge in [-0.2, -0.15) is 0 Å². The predicted molar refractivity (Wildman–Crippen MR) is 73.4 cm³/mol. The number of carbonyl (C=O) groups excluding carboxylic acids is 1. The smallest absolute Gasteiger partial charge is 0.225 e. The standard InChI is InChI=1S/C13H20FN3O2/c1-17(7-8-19-2)6-5-13(18)16-10-3-4-11(14)12(15)9-10/h3-4,9H,5-8,15H2,1-2H3,(H,16,18). The molecular formula is C13H20FN3O2. The second-order valence-electron chi connectivity index (χ2n) is 4.33. The molecule has 3 N–H and O–H groups in total. The number of nitrogens with zero attached hydrogens (tertiary/aromatic N) is 1. The third kappa shape index (κ3) is 5.67. The first-order valence-corrected chi connectivity index (χ1v) is 6.05. The van der Waals surface area contributed by atoms with Crippen LogP contribution in [0.5, 0.6) is 0 Å². The van der Waals surface area contributed by atoms with E-state index < -0.39 is 5.82 Å². The van der Waals surface area contributed by atoms with Crippen LogP contribution in [-0.4, -0.2) is 44.7 Å². The predicted octanol–water partition coefficient (Wildman–Crippen LogP) is 1.31. The van der Waals surface area contributed by atoms with E-state index in [1.807, 2.05) is 11.9 Å². The van der Waals surface area contributed by atoms with Gasteiger partial charge in [-0.05, 0) is 25.2 Å². The van der Waals surface area contributed by atoms with Gasteiger partial charge in [-0.3, -0.25) is 4.79 Å². The van der Waals surface area contributed by atoms with Gasteiger partial charge in [0, 0.05) is 32.3 Å². The summed E-state index contributed by atoms with van der Waals surface area (Å²) in [6, 6.07) is 4.12. The zero-order valence-electron chi connectivity index (χ0n) is 11.3. The molecule has 0 saturated carbocycles. The number of nitrogens with two attached hydrogens (primary N) is 1. The number of nitrogen functional groups attached to an aromatic ring is 1. The maximum atomic E-state index is 13.0. The molecule has 0 aliphatic carbocycles. The van der Waals surface area contributed by atoms with Crippen molar-refractivity contribution in [3.8, 4) is 0 Å². The Bertz CT molecular complexity index is 426. The minimum absolute atomic E-state index is 0.0232. The van der Waals surface area contributed by atoms with E-state index in [2.05, 4.69) is 5.32 Å². The highest BCUT2D eigenvalue weighted by Gasteiger charge is 2.06. The van der Waals surface area contributed by atoms with Crippen molar-refractivity contribution < 1.29 is 13.9 Å². The highest BCUT2D eigenvalue weighted by atomic mass is 19.1. The number of halogens is 1. The van der Waals surface area contributed by atoms with E-state index in [-0.39, 0.29) is 11.6 Å². The summed E-state index contributed by atoms with van der Waals surface area (Å²) in [7, 11) is 3.56. The topological polar surface area (TPSA) is 67.6 Å². The van der Waals surface area contributed by atoms with Gasteiger partial charge in [0.25, 0.3) is 0 Å². The maximum Gasteiger partial charge on any atom is 0.225 e. The first-order valence-electron chi connectivity index (χ1n) is 6.05. The van der Waals surface area contributed by atoms with Crippen LogP contribution in [-0.2, 0) is 9.53 Å². The fourth-order valence-electron chi connectivity index (χ4n) is 1.50. The van der Waals surface area contributed by atoms with Crippen LogP contribution in [0.3, 0.4) is 0 Å². The molecule has 106 valence electrons. The van der Waals surface area contributed by atoms with Crippen molar-refractivity contribution in [3.05, 3.63) is 24.0 Å². The molecule has 0 heterocycles. The average molecular weight is 269 g/mol. The lowest BCUT2D eigenvalue weighted by Gasteiger charge is -2.15. The number of likely N-dealkylation sites (N-methyl/N-ethyl adjacent to an activating group) is 1. The summed E-state index contributed by atoms with van der Waals surface area (Å²) in [6.07, 6.45) is 0.359. The average Bonchev–Trinajstić information content (AvgIpc) is 2.38. The lowest BCUT2D eigenvalue weighted by molar-refractivity contribution is -0.116. The number of hydrogen-bond donors (Lipinski definition) is 2. The number of ether oxygens (including phenoxy) is 1. The van der Waals surface area contributed by atoms with E-state index in [1.54, 1.807) is 7.11 Å². The molecular weight excluding hydrogens is 249 g/mol. The molecule has 0 aromatic heterocycles. The molecule has 0 fully saturated rings. The summed E-state index contributed by atoms with van der Waals surface area (Å²) >= 11 is 0. The molecule has 0 saturated heterocycles. The largest absolute Gasteiger partial charge is 0.396 e. The van der Waals surface area contributed by atoms with Gasteiger partial charge in [0.05, 0.1) is 12.3 Å². The fraction of sp³-hybridized carbons (Fsp3) is 0.462. The number of benzene rings is 1. The van der Waals surface area contributed by atoms with Crippen molar-refractivity contribution in [1.82, 2.24) is 4.90 Å². The third-order valence-corrected chi connectivity index (χ3v) is 2.68. The van der Waals surface area contributed by atoms with E-state index >= 15 is 0 Å². The Labute approximate surface area is 112 Å². The number of methoxy groups -OCH3 is 1. The SMILES string of the molecule is COCCN(C)CCC(=O)Nc1ccc(F)c(N)c1. The summed E-state index contributed by atoms with van der Waals surface area (Å²) in [6.45, 7) is 2.03. The minimum atomic E-state index is -0.489. The first kappa shape index (κ1) is 15.4. The molecule has 0 aliphatic rings. The molecule has 1 amide bonds. The van der Waals surface area contributed by atoms with E-state index in [0.29, 0.717) is 25.3 Å². The first-order chi connectivity index (χ1) is 9.02. The molecule has 0 spiro atoms. The van der Waals surface area contributed by atoms with Crippen LogP contribution in [0, 0.1) is 5.82 Å². The second-order valence-corrected chi connectivity index (χ2v) is 4.33. The number of nitrogens with one attached hydrogen (secondary N) is 1. The Kier molecular flexibility index (Phi) is 6.24. The van der Waals surface area contributed by atoms with Gasteiger partial charge in [-0.1, -0.05) is 0 Å². The molecule has 5 nitrogen and oxygen atoms in total. The third-order valence-electron chi connectivity index (χ3n) is 2.68. The molecule has 1 aromatic carbocycles. The van der Waals surface area contributed by atoms with E-state index in [1.165, 1.54) is 18.2 Å². The molecule has 6 heteroatoms.